The highest BCUT2D eigenvalue weighted by Gasteiger charge is 2.28. The number of carbonyl (C=O) groups is 1. The standard InChI is InChI=1S/C15H19N5O4/c1-8-11(14(22)18-15(23)16-8)6-12(21)20-5-3-4-10(7-20)13-17-9(2)24-19-13/h10H,3-7H2,1-2H3,(H2,16,18,22,23)/t10-/m0/s1. The highest BCUT2D eigenvalue weighted by molar-refractivity contribution is 5.79. The van der Waals surface area contributed by atoms with Crippen molar-refractivity contribution in [3.05, 3.63) is 43.8 Å². The molecule has 128 valence electrons. The van der Waals surface area contributed by atoms with E-state index in [1.165, 1.54) is 0 Å². The van der Waals surface area contributed by atoms with Crippen molar-refractivity contribution in [1.29, 1.82) is 0 Å². The molecular weight excluding hydrogens is 314 g/mol. The summed E-state index contributed by atoms with van der Waals surface area (Å²) in [5.41, 5.74) is -0.386. The topological polar surface area (TPSA) is 125 Å². The van der Waals surface area contributed by atoms with Crippen LogP contribution in [-0.2, 0) is 11.2 Å². The van der Waals surface area contributed by atoms with Crippen LogP contribution in [0.25, 0.3) is 0 Å². The number of aryl methyl sites for hydroxylation is 2. The van der Waals surface area contributed by atoms with Crippen molar-refractivity contribution in [3.8, 4) is 0 Å². The van der Waals surface area contributed by atoms with Gasteiger partial charge in [0.25, 0.3) is 5.56 Å². The molecule has 0 bridgehead atoms. The number of hydrogen-bond donors (Lipinski definition) is 2. The number of aromatic amines is 2. The monoisotopic (exact) mass is 333 g/mol. The molecular formula is C15H19N5O4. The Kier molecular flexibility index (Phi) is 4.32. The molecule has 0 unspecified atom stereocenters. The number of H-pyrrole nitrogens is 2. The number of carbonyl (C=O) groups excluding carboxylic acids is 1. The van der Waals surface area contributed by atoms with Gasteiger partial charge in [0, 0.05) is 37.2 Å². The molecule has 2 aromatic rings. The lowest BCUT2D eigenvalue weighted by atomic mass is 9.96. The molecule has 0 aliphatic carbocycles. The van der Waals surface area contributed by atoms with Gasteiger partial charge >= 0.3 is 5.69 Å². The Hall–Kier alpha value is -2.71. The lowest BCUT2D eigenvalue weighted by molar-refractivity contribution is -0.131. The van der Waals surface area contributed by atoms with E-state index in [2.05, 4.69) is 20.1 Å². The van der Waals surface area contributed by atoms with Gasteiger partial charge in [-0.3, -0.25) is 14.6 Å². The fourth-order valence-electron chi connectivity index (χ4n) is 3.00. The fourth-order valence-corrected chi connectivity index (χ4v) is 3.00. The third kappa shape index (κ3) is 3.29. The molecule has 0 aromatic carbocycles. The molecule has 24 heavy (non-hydrogen) atoms. The maximum atomic E-state index is 12.6. The lowest BCUT2D eigenvalue weighted by Crippen LogP contribution is -2.41. The van der Waals surface area contributed by atoms with Crippen LogP contribution in [0.2, 0.25) is 0 Å². The zero-order valence-corrected chi connectivity index (χ0v) is 13.6. The lowest BCUT2D eigenvalue weighted by Gasteiger charge is -2.31. The second kappa shape index (κ2) is 6.42. The van der Waals surface area contributed by atoms with Gasteiger partial charge in [0.2, 0.25) is 11.8 Å². The van der Waals surface area contributed by atoms with Crippen LogP contribution in [0.1, 0.15) is 41.7 Å². The maximum Gasteiger partial charge on any atom is 0.325 e. The number of rotatable bonds is 3. The molecule has 9 heteroatoms. The summed E-state index contributed by atoms with van der Waals surface area (Å²) in [4.78, 5) is 46.3. The van der Waals surface area contributed by atoms with Gasteiger partial charge < -0.3 is 14.4 Å². The van der Waals surface area contributed by atoms with Crippen molar-refractivity contribution in [3.63, 3.8) is 0 Å². The summed E-state index contributed by atoms with van der Waals surface area (Å²) < 4.78 is 5.01. The van der Waals surface area contributed by atoms with Gasteiger partial charge in [-0.2, -0.15) is 4.98 Å². The van der Waals surface area contributed by atoms with Crippen molar-refractivity contribution in [2.24, 2.45) is 0 Å². The summed E-state index contributed by atoms with van der Waals surface area (Å²) >= 11 is 0. The summed E-state index contributed by atoms with van der Waals surface area (Å²) in [6.07, 6.45) is 1.68. The molecule has 1 saturated heterocycles. The van der Waals surface area contributed by atoms with Crippen LogP contribution in [0.3, 0.4) is 0 Å². The second-order valence-electron chi connectivity index (χ2n) is 6.04. The van der Waals surface area contributed by atoms with E-state index < -0.39 is 11.2 Å². The predicted molar refractivity (Wildman–Crippen MR) is 83.7 cm³/mol. The molecule has 3 rings (SSSR count). The SMILES string of the molecule is Cc1nc([C@H]2CCCN(C(=O)Cc3c(C)[nH]c(=O)[nH]c3=O)C2)no1. The van der Waals surface area contributed by atoms with Crippen molar-refractivity contribution >= 4 is 5.91 Å². The quantitative estimate of drug-likeness (QED) is 0.815. The number of piperidine rings is 1. The van der Waals surface area contributed by atoms with E-state index in [-0.39, 0.29) is 23.8 Å². The number of aromatic nitrogens is 4. The summed E-state index contributed by atoms with van der Waals surface area (Å²) in [6.45, 7) is 4.47. The Bertz CT molecular complexity index is 865. The number of nitrogens with zero attached hydrogens (tertiary/aromatic N) is 3. The van der Waals surface area contributed by atoms with Gasteiger partial charge in [-0.05, 0) is 19.8 Å². The Morgan fingerprint density at radius 2 is 2.12 bits per heavy atom. The molecule has 2 aromatic heterocycles. The van der Waals surface area contributed by atoms with E-state index in [4.69, 9.17) is 4.52 Å². The Morgan fingerprint density at radius 3 is 2.79 bits per heavy atom. The van der Waals surface area contributed by atoms with Gasteiger partial charge in [0.05, 0.1) is 6.42 Å². The van der Waals surface area contributed by atoms with Crippen LogP contribution in [0.4, 0.5) is 0 Å². The number of likely N-dealkylation sites (tertiary alicyclic amines) is 1. The largest absolute Gasteiger partial charge is 0.342 e. The van der Waals surface area contributed by atoms with Crippen LogP contribution >= 0.6 is 0 Å². The van der Waals surface area contributed by atoms with Gasteiger partial charge in [0.1, 0.15) is 0 Å². The average molecular weight is 333 g/mol. The van der Waals surface area contributed by atoms with E-state index >= 15 is 0 Å². The van der Waals surface area contributed by atoms with Gasteiger partial charge in [-0.25, -0.2) is 4.79 Å². The van der Waals surface area contributed by atoms with Crippen molar-refractivity contribution in [1.82, 2.24) is 25.0 Å². The molecule has 0 spiro atoms. The molecule has 0 radical (unpaired) electrons. The molecule has 9 nitrogen and oxygen atoms in total. The Morgan fingerprint density at radius 1 is 1.33 bits per heavy atom. The van der Waals surface area contributed by atoms with Crippen molar-refractivity contribution in [2.45, 2.75) is 39.0 Å². The highest BCUT2D eigenvalue weighted by Crippen LogP contribution is 2.25. The first kappa shape index (κ1) is 16.2. The normalized spacial score (nSPS) is 17.9. The van der Waals surface area contributed by atoms with E-state index in [1.54, 1.807) is 18.7 Å². The van der Waals surface area contributed by atoms with Crippen LogP contribution in [0, 0.1) is 13.8 Å². The van der Waals surface area contributed by atoms with Gasteiger partial charge in [-0.15, -0.1) is 0 Å². The smallest absolute Gasteiger partial charge is 0.325 e. The Labute approximate surface area is 137 Å². The molecule has 1 aliphatic heterocycles. The Balaban J connectivity index is 1.73. The molecule has 0 saturated carbocycles. The first-order valence-electron chi connectivity index (χ1n) is 7.84. The first-order chi connectivity index (χ1) is 11.4. The molecule has 2 N–H and O–H groups in total. The summed E-state index contributed by atoms with van der Waals surface area (Å²) in [5, 5.41) is 3.94. The van der Waals surface area contributed by atoms with Crippen LogP contribution < -0.4 is 11.2 Å². The molecule has 1 aliphatic rings. The van der Waals surface area contributed by atoms with Crippen LogP contribution in [-0.4, -0.2) is 44.0 Å². The summed E-state index contributed by atoms with van der Waals surface area (Å²) in [5.74, 6) is 1.00. The maximum absolute atomic E-state index is 12.6. The minimum atomic E-state index is -0.570. The molecule has 1 atom stereocenters. The number of nitrogens with one attached hydrogen (secondary N) is 2. The number of amides is 1. The van der Waals surface area contributed by atoms with E-state index in [0.29, 0.717) is 30.5 Å². The zero-order chi connectivity index (χ0) is 17.3. The van der Waals surface area contributed by atoms with Crippen molar-refractivity contribution < 1.29 is 9.32 Å². The van der Waals surface area contributed by atoms with Crippen LogP contribution in [0.15, 0.2) is 14.1 Å². The number of hydrogen-bond acceptors (Lipinski definition) is 6. The predicted octanol–water partition coefficient (Wildman–Crippen LogP) is 0.0117. The highest BCUT2D eigenvalue weighted by atomic mass is 16.5. The van der Waals surface area contributed by atoms with Crippen LogP contribution in [0.5, 0.6) is 0 Å². The third-order valence-corrected chi connectivity index (χ3v) is 4.27. The second-order valence-corrected chi connectivity index (χ2v) is 6.04. The molecule has 1 fully saturated rings. The summed E-state index contributed by atoms with van der Waals surface area (Å²) in [6, 6.07) is 0. The van der Waals surface area contributed by atoms with E-state index in [1.807, 2.05) is 0 Å². The molecule has 3 heterocycles. The average Bonchev–Trinajstić information content (AvgIpc) is 2.97. The first-order valence-corrected chi connectivity index (χ1v) is 7.84. The minimum absolute atomic E-state index is 0.0371. The minimum Gasteiger partial charge on any atom is -0.342 e. The van der Waals surface area contributed by atoms with E-state index in [0.717, 1.165) is 12.8 Å². The van der Waals surface area contributed by atoms with Crippen molar-refractivity contribution in [2.75, 3.05) is 13.1 Å². The molecule has 1 amide bonds. The zero-order valence-electron chi connectivity index (χ0n) is 13.6. The summed E-state index contributed by atoms with van der Waals surface area (Å²) in [7, 11) is 0. The third-order valence-electron chi connectivity index (χ3n) is 4.27. The van der Waals surface area contributed by atoms with E-state index in [9.17, 15) is 14.4 Å². The van der Waals surface area contributed by atoms with Gasteiger partial charge in [0.15, 0.2) is 5.82 Å². The fraction of sp³-hybridized carbons (Fsp3) is 0.533. The van der Waals surface area contributed by atoms with Gasteiger partial charge in [-0.1, -0.05) is 5.16 Å².